The van der Waals surface area contributed by atoms with Crippen molar-refractivity contribution in [2.24, 2.45) is 7.05 Å². The van der Waals surface area contributed by atoms with Crippen LogP contribution in [0.1, 0.15) is 44.1 Å². The summed E-state index contributed by atoms with van der Waals surface area (Å²) in [5.41, 5.74) is 4.60. The average molecular weight is 178 g/mol. The van der Waals surface area contributed by atoms with Gasteiger partial charge in [0.1, 0.15) is 0 Å². The molecule has 1 aromatic rings. The molecule has 0 unspecified atom stereocenters. The van der Waals surface area contributed by atoms with Gasteiger partial charge in [-0.15, -0.1) is 0 Å². The van der Waals surface area contributed by atoms with E-state index >= 15 is 0 Å². The monoisotopic (exact) mass is 178 g/mol. The molecule has 13 heavy (non-hydrogen) atoms. The van der Waals surface area contributed by atoms with Crippen LogP contribution >= 0.6 is 0 Å². The molecular weight excluding hydrogens is 160 g/mol. The lowest BCUT2D eigenvalue weighted by Gasteiger charge is -2.15. The van der Waals surface area contributed by atoms with Crippen molar-refractivity contribution in [1.29, 1.82) is 0 Å². The highest BCUT2D eigenvalue weighted by atomic mass is 15.3. The molecule has 0 radical (unpaired) electrons. The smallest absolute Gasteiger partial charge is 0.0715 e. The summed E-state index contributed by atoms with van der Waals surface area (Å²) in [6, 6.07) is 0. The highest BCUT2D eigenvalue weighted by molar-refractivity contribution is 5.36. The third-order valence-corrected chi connectivity index (χ3v) is 3.25. The summed E-state index contributed by atoms with van der Waals surface area (Å²) in [7, 11) is 2.06. The number of hydrogen-bond acceptors (Lipinski definition) is 1. The standard InChI is InChI=1S/C11H18N2/c1-5-9-8-6-7-11(2,3)10(8)12-13(9)4/h5-7H2,1-4H3. The van der Waals surface area contributed by atoms with Crippen LogP contribution in [0.4, 0.5) is 0 Å². The maximum Gasteiger partial charge on any atom is 0.0715 e. The van der Waals surface area contributed by atoms with E-state index in [1.807, 2.05) is 0 Å². The molecule has 0 saturated carbocycles. The third kappa shape index (κ3) is 1.11. The first kappa shape index (κ1) is 8.79. The molecule has 2 rings (SSSR count). The first-order valence-electron chi connectivity index (χ1n) is 5.11. The molecule has 0 saturated heterocycles. The van der Waals surface area contributed by atoms with Gasteiger partial charge in [0, 0.05) is 18.2 Å². The van der Waals surface area contributed by atoms with Gasteiger partial charge in [-0.3, -0.25) is 4.68 Å². The predicted octanol–water partition coefficient (Wildman–Crippen LogP) is 2.21. The van der Waals surface area contributed by atoms with E-state index < -0.39 is 0 Å². The zero-order valence-corrected chi connectivity index (χ0v) is 9.02. The van der Waals surface area contributed by atoms with Gasteiger partial charge in [0.15, 0.2) is 0 Å². The molecule has 0 bridgehead atoms. The number of fused-ring (bicyclic) bond motifs is 1. The van der Waals surface area contributed by atoms with Crippen molar-refractivity contribution in [3.8, 4) is 0 Å². The molecule has 1 heterocycles. The minimum absolute atomic E-state index is 0.306. The summed E-state index contributed by atoms with van der Waals surface area (Å²) >= 11 is 0. The van der Waals surface area contributed by atoms with Gasteiger partial charge in [-0.05, 0) is 24.8 Å². The van der Waals surface area contributed by atoms with E-state index in [1.165, 1.54) is 29.8 Å². The van der Waals surface area contributed by atoms with Crippen molar-refractivity contribution in [3.05, 3.63) is 17.0 Å². The van der Waals surface area contributed by atoms with Gasteiger partial charge in [0.05, 0.1) is 5.69 Å². The van der Waals surface area contributed by atoms with E-state index in [1.54, 1.807) is 0 Å². The minimum atomic E-state index is 0.306. The maximum atomic E-state index is 4.63. The molecule has 0 fully saturated rings. The second-order valence-electron chi connectivity index (χ2n) is 4.63. The Morgan fingerprint density at radius 1 is 1.46 bits per heavy atom. The predicted molar refractivity (Wildman–Crippen MR) is 53.9 cm³/mol. The Kier molecular flexibility index (Phi) is 1.76. The van der Waals surface area contributed by atoms with Crippen LogP contribution in [0.15, 0.2) is 0 Å². The fourth-order valence-corrected chi connectivity index (χ4v) is 2.41. The highest BCUT2D eigenvalue weighted by Crippen LogP contribution is 2.38. The summed E-state index contributed by atoms with van der Waals surface area (Å²) in [4.78, 5) is 0. The van der Waals surface area contributed by atoms with Crippen molar-refractivity contribution >= 4 is 0 Å². The van der Waals surface area contributed by atoms with Crippen LogP contribution in [0, 0.1) is 0 Å². The van der Waals surface area contributed by atoms with Gasteiger partial charge in [-0.25, -0.2) is 0 Å². The van der Waals surface area contributed by atoms with Crippen LogP contribution in [-0.4, -0.2) is 9.78 Å². The number of aryl methyl sites for hydroxylation is 1. The molecule has 1 aliphatic rings. The van der Waals surface area contributed by atoms with Crippen LogP contribution in [-0.2, 0) is 25.3 Å². The van der Waals surface area contributed by atoms with Gasteiger partial charge in [-0.2, -0.15) is 5.10 Å². The van der Waals surface area contributed by atoms with Crippen molar-refractivity contribution in [2.75, 3.05) is 0 Å². The Bertz CT molecular complexity index is 334. The van der Waals surface area contributed by atoms with Crippen molar-refractivity contribution < 1.29 is 0 Å². The molecule has 72 valence electrons. The minimum Gasteiger partial charge on any atom is -0.272 e. The maximum absolute atomic E-state index is 4.63. The van der Waals surface area contributed by atoms with Gasteiger partial charge >= 0.3 is 0 Å². The molecule has 0 aliphatic heterocycles. The van der Waals surface area contributed by atoms with Crippen LogP contribution < -0.4 is 0 Å². The molecular formula is C11H18N2. The summed E-state index contributed by atoms with van der Waals surface area (Å²) in [5, 5.41) is 4.63. The highest BCUT2D eigenvalue weighted by Gasteiger charge is 2.34. The van der Waals surface area contributed by atoms with Crippen LogP contribution in [0.5, 0.6) is 0 Å². The molecule has 1 aliphatic carbocycles. The zero-order valence-electron chi connectivity index (χ0n) is 9.02. The van der Waals surface area contributed by atoms with Gasteiger partial charge in [-0.1, -0.05) is 20.8 Å². The van der Waals surface area contributed by atoms with E-state index in [4.69, 9.17) is 0 Å². The normalized spacial score (nSPS) is 19.1. The van der Waals surface area contributed by atoms with Crippen LogP contribution in [0.3, 0.4) is 0 Å². The van der Waals surface area contributed by atoms with Gasteiger partial charge in [0.25, 0.3) is 0 Å². The fraction of sp³-hybridized carbons (Fsp3) is 0.727. The number of rotatable bonds is 1. The number of aromatic nitrogens is 2. The molecule has 2 heteroatoms. The van der Waals surface area contributed by atoms with E-state index in [9.17, 15) is 0 Å². The van der Waals surface area contributed by atoms with Crippen molar-refractivity contribution in [3.63, 3.8) is 0 Å². The zero-order chi connectivity index (χ0) is 9.64. The lowest BCUT2D eigenvalue weighted by Crippen LogP contribution is -2.14. The average Bonchev–Trinajstić information content (AvgIpc) is 2.50. The number of nitrogens with zero attached hydrogens (tertiary/aromatic N) is 2. The molecule has 0 N–H and O–H groups in total. The Balaban J connectivity index is 2.56. The van der Waals surface area contributed by atoms with E-state index in [0.717, 1.165) is 6.42 Å². The summed E-state index contributed by atoms with van der Waals surface area (Å²) < 4.78 is 2.06. The molecule has 1 aromatic heterocycles. The fourth-order valence-electron chi connectivity index (χ4n) is 2.41. The molecule has 0 amide bonds. The van der Waals surface area contributed by atoms with Crippen LogP contribution in [0.2, 0.25) is 0 Å². The Morgan fingerprint density at radius 2 is 2.15 bits per heavy atom. The van der Waals surface area contributed by atoms with Crippen LogP contribution in [0.25, 0.3) is 0 Å². The number of hydrogen-bond donors (Lipinski definition) is 0. The van der Waals surface area contributed by atoms with E-state index in [2.05, 4.69) is 37.6 Å². The summed E-state index contributed by atoms with van der Waals surface area (Å²) in [6.07, 6.45) is 3.59. The lowest BCUT2D eigenvalue weighted by molar-refractivity contribution is 0.491. The summed E-state index contributed by atoms with van der Waals surface area (Å²) in [6.45, 7) is 6.80. The lowest BCUT2D eigenvalue weighted by atomic mass is 9.91. The first-order chi connectivity index (χ1) is 6.06. The van der Waals surface area contributed by atoms with Crippen molar-refractivity contribution in [2.45, 2.75) is 45.4 Å². The van der Waals surface area contributed by atoms with E-state index in [0.29, 0.717) is 5.41 Å². The second-order valence-corrected chi connectivity index (χ2v) is 4.63. The van der Waals surface area contributed by atoms with E-state index in [-0.39, 0.29) is 0 Å². The Hall–Kier alpha value is -0.790. The Morgan fingerprint density at radius 3 is 2.77 bits per heavy atom. The van der Waals surface area contributed by atoms with Crippen molar-refractivity contribution in [1.82, 2.24) is 9.78 Å². The molecule has 0 spiro atoms. The Labute approximate surface area is 80.0 Å². The molecule has 0 aromatic carbocycles. The summed E-state index contributed by atoms with van der Waals surface area (Å²) in [5.74, 6) is 0. The largest absolute Gasteiger partial charge is 0.272 e. The molecule has 2 nitrogen and oxygen atoms in total. The SMILES string of the molecule is CCc1c2c(nn1C)C(C)(C)CC2. The first-order valence-corrected chi connectivity index (χ1v) is 5.11. The van der Waals surface area contributed by atoms with Gasteiger partial charge in [0.2, 0.25) is 0 Å². The van der Waals surface area contributed by atoms with Gasteiger partial charge < -0.3 is 0 Å². The topological polar surface area (TPSA) is 17.8 Å². The quantitative estimate of drug-likeness (QED) is 0.644. The second kappa shape index (κ2) is 2.60. The molecule has 0 atom stereocenters. The third-order valence-electron chi connectivity index (χ3n) is 3.25.